The zero-order valence-electron chi connectivity index (χ0n) is 19.3. The Labute approximate surface area is 194 Å². The number of rotatable bonds is 10. The molecule has 2 aromatic carbocycles. The van der Waals surface area contributed by atoms with Crippen LogP contribution >= 0.6 is 0 Å². The summed E-state index contributed by atoms with van der Waals surface area (Å²) in [6.45, 7) is 6.09. The van der Waals surface area contributed by atoms with E-state index in [0.717, 1.165) is 28.7 Å². The van der Waals surface area contributed by atoms with Crippen molar-refractivity contribution in [3.63, 3.8) is 0 Å². The van der Waals surface area contributed by atoms with Gasteiger partial charge in [0.05, 0.1) is 0 Å². The number of carboxylic acids is 1. The summed E-state index contributed by atoms with van der Waals surface area (Å²) in [5.41, 5.74) is 4.43. The zero-order valence-corrected chi connectivity index (χ0v) is 19.3. The number of carboxylic acid groups (broad SMARTS) is 1. The maximum Gasteiger partial charge on any atom is 0.407 e. The number of nitrogens with one attached hydrogen (secondary N) is 2. The highest BCUT2D eigenvalue weighted by atomic mass is 16.5. The molecule has 2 atom stereocenters. The van der Waals surface area contributed by atoms with Crippen molar-refractivity contribution in [2.75, 3.05) is 6.61 Å². The molecule has 0 bridgehead atoms. The predicted molar refractivity (Wildman–Crippen MR) is 126 cm³/mol. The second-order valence-electron chi connectivity index (χ2n) is 8.72. The van der Waals surface area contributed by atoms with Crippen molar-refractivity contribution in [1.29, 1.82) is 0 Å². The molecule has 2 amide bonds. The molecular formula is C26H32N2O5. The fourth-order valence-corrected chi connectivity index (χ4v) is 4.34. The third-order valence-electron chi connectivity index (χ3n) is 6.17. The Balaban J connectivity index is 1.66. The van der Waals surface area contributed by atoms with Crippen molar-refractivity contribution in [2.45, 2.75) is 58.0 Å². The molecule has 3 rings (SSSR count). The minimum absolute atomic E-state index is 0.0140. The van der Waals surface area contributed by atoms with E-state index >= 15 is 0 Å². The molecule has 0 heterocycles. The quantitative estimate of drug-likeness (QED) is 0.498. The number of hydrogen-bond donors (Lipinski definition) is 3. The third-order valence-corrected chi connectivity index (χ3v) is 6.17. The minimum atomic E-state index is -1.03. The van der Waals surface area contributed by atoms with E-state index in [1.807, 2.05) is 57.2 Å². The highest BCUT2D eigenvalue weighted by Crippen LogP contribution is 2.44. The second kappa shape index (κ2) is 11.0. The molecule has 2 aromatic rings. The average molecular weight is 453 g/mol. The monoisotopic (exact) mass is 452 g/mol. The van der Waals surface area contributed by atoms with Gasteiger partial charge in [-0.05, 0) is 41.0 Å². The van der Waals surface area contributed by atoms with Gasteiger partial charge < -0.3 is 20.5 Å². The maximum atomic E-state index is 12.8. The van der Waals surface area contributed by atoms with E-state index in [9.17, 15) is 14.4 Å². The Hall–Kier alpha value is -3.35. The van der Waals surface area contributed by atoms with E-state index in [-0.39, 0.29) is 37.3 Å². The van der Waals surface area contributed by atoms with Crippen LogP contribution in [0.5, 0.6) is 0 Å². The molecule has 176 valence electrons. The Morgan fingerprint density at radius 2 is 1.55 bits per heavy atom. The Kier molecular flexibility index (Phi) is 8.09. The smallest absolute Gasteiger partial charge is 0.407 e. The van der Waals surface area contributed by atoms with E-state index in [4.69, 9.17) is 9.84 Å². The fourth-order valence-electron chi connectivity index (χ4n) is 4.34. The molecule has 0 spiro atoms. The lowest BCUT2D eigenvalue weighted by Gasteiger charge is -2.25. The average Bonchev–Trinajstić information content (AvgIpc) is 3.12. The Morgan fingerprint density at radius 1 is 0.970 bits per heavy atom. The first kappa shape index (κ1) is 24.3. The normalized spacial score (nSPS) is 14.2. The van der Waals surface area contributed by atoms with Gasteiger partial charge in [-0.2, -0.15) is 0 Å². The number of ether oxygens (including phenoxy) is 1. The minimum Gasteiger partial charge on any atom is -0.481 e. The summed E-state index contributed by atoms with van der Waals surface area (Å²) in [5, 5.41) is 14.5. The molecule has 1 aliphatic rings. The zero-order chi connectivity index (χ0) is 24.0. The number of hydrogen-bond acceptors (Lipinski definition) is 4. The van der Waals surface area contributed by atoms with Gasteiger partial charge in [-0.15, -0.1) is 0 Å². The number of amides is 2. The third kappa shape index (κ3) is 5.92. The van der Waals surface area contributed by atoms with Crippen LogP contribution in [-0.2, 0) is 14.3 Å². The molecule has 0 fully saturated rings. The van der Waals surface area contributed by atoms with Gasteiger partial charge in [-0.3, -0.25) is 9.59 Å². The number of aliphatic carboxylic acids is 1. The predicted octanol–water partition coefficient (Wildman–Crippen LogP) is 4.31. The van der Waals surface area contributed by atoms with Gasteiger partial charge in [-0.25, -0.2) is 4.79 Å². The number of carbonyl (C=O) groups excluding carboxylic acids is 2. The molecule has 0 aromatic heterocycles. The standard InChI is InChI=1S/C26H32N2O5/c1-4-22(16(2)3)27-25(31)23(13-14-24(29)30)28-26(32)33-15-21-19-11-7-5-9-17(19)18-10-6-8-12-20(18)21/h5-12,16,21-23H,4,13-15H2,1-3H3,(H,27,31)(H,28,32)(H,29,30). The van der Waals surface area contributed by atoms with Crippen LogP contribution in [0.25, 0.3) is 11.1 Å². The molecule has 33 heavy (non-hydrogen) atoms. The molecule has 7 heteroatoms. The SMILES string of the molecule is CCC(NC(=O)C(CCC(=O)O)NC(=O)OCC1c2ccccc2-c2ccccc21)C(C)C. The van der Waals surface area contributed by atoms with Gasteiger partial charge >= 0.3 is 12.1 Å². The van der Waals surface area contributed by atoms with Crippen LogP contribution < -0.4 is 10.6 Å². The Morgan fingerprint density at radius 3 is 2.06 bits per heavy atom. The molecule has 0 saturated carbocycles. The van der Waals surface area contributed by atoms with Crippen LogP contribution in [0.2, 0.25) is 0 Å². The van der Waals surface area contributed by atoms with Gasteiger partial charge in [0.15, 0.2) is 0 Å². The van der Waals surface area contributed by atoms with Crippen molar-refractivity contribution in [1.82, 2.24) is 10.6 Å². The molecule has 0 saturated heterocycles. The summed E-state index contributed by atoms with van der Waals surface area (Å²) in [6.07, 6.45) is -0.250. The number of fused-ring (bicyclic) bond motifs is 3. The van der Waals surface area contributed by atoms with E-state index in [1.54, 1.807) is 0 Å². The van der Waals surface area contributed by atoms with Crippen LogP contribution in [-0.4, -0.2) is 41.8 Å². The van der Waals surface area contributed by atoms with Gasteiger partial charge in [0.2, 0.25) is 5.91 Å². The molecule has 7 nitrogen and oxygen atoms in total. The lowest BCUT2D eigenvalue weighted by molar-refractivity contribution is -0.137. The molecular weight excluding hydrogens is 420 g/mol. The summed E-state index contributed by atoms with van der Waals surface area (Å²) < 4.78 is 5.53. The van der Waals surface area contributed by atoms with Crippen LogP contribution in [0.3, 0.4) is 0 Å². The fraction of sp³-hybridized carbons (Fsp3) is 0.423. The van der Waals surface area contributed by atoms with Gasteiger partial charge in [0, 0.05) is 18.4 Å². The summed E-state index contributed by atoms with van der Waals surface area (Å²) in [5.74, 6) is -1.31. The van der Waals surface area contributed by atoms with Crippen LogP contribution in [0, 0.1) is 5.92 Å². The second-order valence-corrected chi connectivity index (χ2v) is 8.72. The topological polar surface area (TPSA) is 105 Å². The lowest BCUT2D eigenvalue weighted by atomic mass is 9.98. The largest absolute Gasteiger partial charge is 0.481 e. The van der Waals surface area contributed by atoms with E-state index < -0.39 is 24.0 Å². The first-order valence-electron chi connectivity index (χ1n) is 11.5. The van der Waals surface area contributed by atoms with Crippen molar-refractivity contribution in [2.24, 2.45) is 5.92 Å². The van der Waals surface area contributed by atoms with Crippen LogP contribution in [0.4, 0.5) is 4.79 Å². The molecule has 0 aliphatic heterocycles. The summed E-state index contributed by atoms with van der Waals surface area (Å²) in [7, 11) is 0. The van der Waals surface area contributed by atoms with E-state index in [2.05, 4.69) is 22.8 Å². The summed E-state index contributed by atoms with van der Waals surface area (Å²) >= 11 is 0. The van der Waals surface area contributed by atoms with Gasteiger partial charge in [-0.1, -0.05) is 69.3 Å². The van der Waals surface area contributed by atoms with Crippen LogP contribution in [0.1, 0.15) is 57.1 Å². The highest BCUT2D eigenvalue weighted by molar-refractivity contribution is 5.86. The van der Waals surface area contributed by atoms with Crippen molar-refractivity contribution >= 4 is 18.0 Å². The van der Waals surface area contributed by atoms with Gasteiger partial charge in [0.1, 0.15) is 12.6 Å². The van der Waals surface area contributed by atoms with Crippen molar-refractivity contribution < 1.29 is 24.2 Å². The van der Waals surface area contributed by atoms with Gasteiger partial charge in [0.25, 0.3) is 0 Å². The molecule has 1 aliphatic carbocycles. The molecule has 0 radical (unpaired) electrons. The van der Waals surface area contributed by atoms with Crippen LogP contribution in [0.15, 0.2) is 48.5 Å². The van der Waals surface area contributed by atoms with E-state index in [0.29, 0.717) is 0 Å². The number of alkyl carbamates (subject to hydrolysis) is 1. The van der Waals surface area contributed by atoms with Crippen molar-refractivity contribution in [3.8, 4) is 11.1 Å². The first-order valence-corrected chi connectivity index (χ1v) is 11.5. The number of benzene rings is 2. The summed E-state index contributed by atoms with van der Waals surface area (Å²) in [6, 6.07) is 15.0. The number of carbonyl (C=O) groups is 3. The summed E-state index contributed by atoms with van der Waals surface area (Å²) in [4.78, 5) is 36.4. The highest BCUT2D eigenvalue weighted by Gasteiger charge is 2.30. The first-order chi connectivity index (χ1) is 15.8. The Bertz CT molecular complexity index is 958. The molecule has 3 N–H and O–H groups in total. The van der Waals surface area contributed by atoms with Crippen molar-refractivity contribution in [3.05, 3.63) is 59.7 Å². The lowest BCUT2D eigenvalue weighted by Crippen LogP contribution is -2.51. The van der Waals surface area contributed by atoms with E-state index in [1.165, 1.54) is 0 Å². The molecule has 2 unspecified atom stereocenters. The maximum absolute atomic E-state index is 12.8.